The maximum atomic E-state index is 11.9. The Morgan fingerprint density at radius 2 is 2.00 bits per heavy atom. The van der Waals surface area contributed by atoms with Gasteiger partial charge in [-0.1, -0.05) is 11.6 Å². The Kier molecular flexibility index (Phi) is 2.14. The monoisotopic (exact) mass is 242 g/mol. The average molecular weight is 242 g/mol. The van der Waals surface area contributed by atoms with E-state index in [1.54, 1.807) is 12.1 Å². The molecule has 3 rings (SSSR count). The van der Waals surface area contributed by atoms with Crippen LogP contribution in [0.3, 0.4) is 0 Å². The second-order valence-electron chi connectivity index (χ2n) is 5.17. The largest absolute Gasteiger partial charge is 0.482 e. The molecule has 0 saturated carbocycles. The molecule has 0 bridgehead atoms. The molecule has 0 amide bonds. The maximum Gasteiger partial charge on any atom is 0.347 e. The molecule has 3 heteroatoms. The highest BCUT2D eigenvalue weighted by molar-refractivity contribution is 5.88. The highest BCUT2D eigenvalue weighted by atomic mass is 16.5. The van der Waals surface area contributed by atoms with Crippen molar-refractivity contribution in [3.63, 3.8) is 0 Å². The van der Waals surface area contributed by atoms with E-state index in [1.807, 2.05) is 39.0 Å². The van der Waals surface area contributed by atoms with Crippen LogP contribution in [0.25, 0.3) is 17.0 Å². The first-order valence-electron chi connectivity index (χ1n) is 5.92. The second-order valence-corrected chi connectivity index (χ2v) is 5.17. The summed E-state index contributed by atoms with van der Waals surface area (Å²) >= 11 is 0. The topological polar surface area (TPSA) is 39.4 Å². The molecule has 1 aromatic carbocycles. The number of hydrogen-bond donors (Lipinski definition) is 0. The van der Waals surface area contributed by atoms with Gasteiger partial charge in [0.1, 0.15) is 22.5 Å². The molecule has 0 aliphatic carbocycles. The van der Waals surface area contributed by atoms with E-state index in [2.05, 4.69) is 0 Å². The number of hydrogen-bond acceptors (Lipinski definition) is 3. The van der Waals surface area contributed by atoms with E-state index in [4.69, 9.17) is 9.15 Å². The fraction of sp³-hybridized carbons (Fsp3) is 0.267. The first kappa shape index (κ1) is 11.1. The van der Waals surface area contributed by atoms with Crippen molar-refractivity contribution >= 4 is 17.0 Å². The van der Waals surface area contributed by atoms with Gasteiger partial charge in [-0.05, 0) is 45.1 Å². The summed E-state index contributed by atoms with van der Waals surface area (Å²) in [6.07, 6.45) is 3.65. The Hall–Kier alpha value is -2.03. The summed E-state index contributed by atoms with van der Waals surface area (Å²) in [5, 5.41) is 0.849. The minimum atomic E-state index is -0.405. The van der Waals surface area contributed by atoms with Gasteiger partial charge < -0.3 is 9.15 Å². The van der Waals surface area contributed by atoms with Crippen molar-refractivity contribution in [1.82, 2.24) is 0 Å². The van der Waals surface area contributed by atoms with Crippen molar-refractivity contribution in [2.24, 2.45) is 0 Å². The molecule has 2 aromatic rings. The first-order valence-corrected chi connectivity index (χ1v) is 5.92. The molecule has 1 aliphatic rings. The maximum absolute atomic E-state index is 11.9. The molecule has 0 radical (unpaired) electrons. The Morgan fingerprint density at radius 1 is 1.22 bits per heavy atom. The molecule has 0 N–H and O–H groups in total. The second kappa shape index (κ2) is 3.48. The molecular weight excluding hydrogens is 228 g/mol. The highest BCUT2D eigenvalue weighted by Gasteiger charge is 2.26. The normalized spacial score (nSPS) is 16.4. The van der Waals surface area contributed by atoms with Crippen LogP contribution in [0.2, 0.25) is 0 Å². The van der Waals surface area contributed by atoms with E-state index >= 15 is 0 Å². The Labute approximate surface area is 105 Å². The van der Waals surface area contributed by atoms with Crippen LogP contribution in [-0.2, 0) is 0 Å². The number of fused-ring (bicyclic) bond motifs is 3. The van der Waals surface area contributed by atoms with Gasteiger partial charge in [0.2, 0.25) is 0 Å². The number of rotatable bonds is 0. The van der Waals surface area contributed by atoms with Gasteiger partial charge in [-0.25, -0.2) is 4.79 Å². The molecule has 18 heavy (non-hydrogen) atoms. The van der Waals surface area contributed by atoms with E-state index in [-0.39, 0.29) is 5.63 Å². The summed E-state index contributed by atoms with van der Waals surface area (Å²) < 4.78 is 11.2. The van der Waals surface area contributed by atoms with E-state index in [0.717, 1.165) is 10.9 Å². The molecular formula is C15H14O3. The van der Waals surface area contributed by atoms with E-state index in [0.29, 0.717) is 16.9 Å². The van der Waals surface area contributed by atoms with Crippen LogP contribution in [0, 0.1) is 6.92 Å². The molecule has 3 nitrogen and oxygen atoms in total. The van der Waals surface area contributed by atoms with Crippen LogP contribution in [0.15, 0.2) is 33.5 Å². The van der Waals surface area contributed by atoms with Gasteiger partial charge in [0.15, 0.2) is 0 Å². The van der Waals surface area contributed by atoms with Gasteiger partial charge >= 0.3 is 5.63 Å². The van der Waals surface area contributed by atoms with Gasteiger partial charge in [-0.15, -0.1) is 0 Å². The molecule has 0 saturated heterocycles. The lowest BCUT2D eigenvalue weighted by molar-refractivity contribution is 0.160. The standard InChI is InChI=1S/C15H14O3/c1-9-4-5-12-11(8-9)13-10(14(16)17-12)6-7-15(2,3)18-13/h4-8H,1-3H3. The lowest BCUT2D eigenvalue weighted by atomic mass is 10.0. The van der Waals surface area contributed by atoms with Gasteiger partial charge in [0.25, 0.3) is 0 Å². The predicted octanol–water partition coefficient (Wildman–Crippen LogP) is 3.29. The molecule has 92 valence electrons. The van der Waals surface area contributed by atoms with Gasteiger partial charge in [-0.2, -0.15) is 0 Å². The number of benzene rings is 1. The van der Waals surface area contributed by atoms with Crippen molar-refractivity contribution in [3.05, 3.63) is 45.8 Å². The molecule has 0 fully saturated rings. The lowest BCUT2D eigenvalue weighted by Crippen LogP contribution is -2.29. The minimum absolute atomic E-state index is 0.354. The predicted molar refractivity (Wildman–Crippen MR) is 71.0 cm³/mol. The molecule has 2 heterocycles. The van der Waals surface area contributed by atoms with Crippen LogP contribution in [-0.4, -0.2) is 5.60 Å². The fourth-order valence-electron chi connectivity index (χ4n) is 2.14. The van der Waals surface area contributed by atoms with E-state index in [9.17, 15) is 4.79 Å². The highest BCUT2D eigenvalue weighted by Crippen LogP contribution is 2.35. The molecule has 1 aromatic heterocycles. The van der Waals surface area contributed by atoms with Gasteiger partial charge in [0.05, 0.1) is 5.39 Å². The lowest BCUT2D eigenvalue weighted by Gasteiger charge is -2.27. The van der Waals surface area contributed by atoms with Crippen molar-refractivity contribution in [1.29, 1.82) is 0 Å². The average Bonchev–Trinajstić information content (AvgIpc) is 2.29. The van der Waals surface area contributed by atoms with Crippen molar-refractivity contribution < 1.29 is 9.15 Å². The molecule has 0 spiro atoms. The summed E-state index contributed by atoms with van der Waals surface area (Å²) in [4.78, 5) is 11.9. The quantitative estimate of drug-likeness (QED) is 0.665. The summed E-state index contributed by atoms with van der Waals surface area (Å²) in [5.41, 5.74) is 1.41. The Morgan fingerprint density at radius 3 is 2.78 bits per heavy atom. The minimum Gasteiger partial charge on any atom is -0.482 e. The van der Waals surface area contributed by atoms with Crippen molar-refractivity contribution in [2.75, 3.05) is 0 Å². The summed E-state index contributed by atoms with van der Waals surface area (Å²) in [5.74, 6) is 0.623. The van der Waals surface area contributed by atoms with Crippen molar-refractivity contribution in [2.45, 2.75) is 26.4 Å². The zero-order valence-corrected chi connectivity index (χ0v) is 10.6. The summed E-state index contributed by atoms with van der Waals surface area (Å²) in [6, 6.07) is 5.70. The van der Waals surface area contributed by atoms with Gasteiger partial charge in [0, 0.05) is 0 Å². The summed E-state index contributed by atoms with van der Waals surface area (Å²) in [6.45, 7) is 5.92. The number of aryl methyl sites for hydroxylation is 1. The Balaban J connectivity index is 2.42. The smallest absolute Gasteiger partial charge is 0.347 e. The molecule has 0 unspecified atom stereocenters. The van der Waals surface area contributed by atoms with E-state index in [1.165, 1.54) is 0 Å². The fourth-order valence-corrected chi connectivity index (χ4v) is 2.14. The van der Waals surface area contributed by atoms with Gasteiger partial charge in [-0.3, -0.25) is 0 Å². The van der Waals surface area contributed by atoms with Crippen LogP contribution in [0.5, 0.6) is 5.75 Å². The Bertz CT molecular complexity index is 720. The number of ether oxygens (including phenoxy) is 1. The zero-order chi connectivity index (χ0) is 12.9. The van der Waals surface area contributed by atoms with E-state index < -0.39 is 5.60 Å². The molecule has 0 atom stereocenters. The van der Waals surface area contributed by atoms with Crippen LogP contribution in [0.1, 0.15) is 25.0 Å². The van der Waals surface area contributed by atoms with Crippen LogP contribution >= 0.6 is 0 Å². The molecule has 1 aliphatic heterocycles. The van der Waals surface area contributed by atoms with Crippen LogP contribution < -0.4 is 10.4 Å². The first-order chi connectivity index (χ1) is 8.46. The van der Waals surface area contributed by atoms with Crippen molar-refractivity contribution in [3.8, 4) is 5.75 Å². The third kappa shape index (κ3) is 1.63. The van der Waals surface area contributed by atoms with Crippen LogP contribution in [0.4, 0.5) is 0 Å². The third-order valence-corrected chi connectivity index (χ3v) is 3.06. The third-order valence-electron chi connectivity index (χ3n) is 3.06. The summed E-state index contributed by atoms with van der Waals surface area (Å²) in [7, 11) is 0. The zero-order valence-electron chi connectivity index (χ0n) is 10.6. The SMILES string of the molecule is Cc1ccc2oc(=O)c3c(c2c1)OC(C)(C)C=C3.